The van der Waals surface area contributed by atoms with E-state index < -0.39 is 0 Å². The average Bonchev–Trinajstić information content (AvgIpc) is 3.79. The van der Waals surface area contributed by atoms with Crippen LogP contribution in [-0.2, 0) is 32.5 Å². The Morgan fingerprint density at radius 2 is 0.817 bits per heavy atom. The molecule has 0 amide bonds. The second-order valence-electron chi connectivity index (χ2n) is 23.7. The fourth-order valence-corrected chi connectivity index (χ4v) is 10.3. The number of hydrogen-bond donors (Lipinski definition) is 0. The van der Waals surface area contributed by atoms with Gasteiger partial charge < -0.3 is 14.2 Å². The van der Waals surface area contributed by atoms with Crippen molar-refractivity contribution in [3.05, 3.63) is 178 Å². The summed E-state index contributed by atoms with van der Waals surface area (Å²) in [6.45, 7) is 43.6. The quantitative estimate of drug-likeness (QED) is 0.177. The summed E-state index contributed by atoms with van der Waals surface area (Å²) < 4.78 is 15.9. The Bertz CT molecular complexity index is 2400. The Balaban J connectivity index is 0.000000428. The number of rotatable bonds is 3. The molecule has 0 unspecified atom stereocenters. The highest BCUT2D eigenvalue weighted by molar-refractivity contribution is 7.08. The lowest BCUT2D eigenvalue weighted by Gasteiger charge is -2.23. The SMILES string of the molecule is CC(C)(C)c1c(Cl)cccc1Cl.CC(C)(C)c1ccc(Cl)cc1Cl.CC(C)(C)c1ccsc1.COc1cccc(C(C)(C)C)c1OC.COc1ccccc1C(C)(C)C.Cc1cccc(C)c1C(C)(C)C. The summed E-state index contributed by atoms with van der Waals surface area (Å²) in [5.74, 6) is 2.60. The first-order valence-electron chi connectivity index (χ1n) is 24.3. The van der Waals surface area contributed by atoms with Crippen LogP contribution >= 0.6 is 57.7 Å². The van der Waals surface area contributed by atoms with Gasteiger partial charge in [-0.1, -0.05) is 232 Å². The topological polar surface area (TPSA) is 27.7 Å². The molecule has 0 aliphatic heterocycles. The number of hydrogen-bond acceptors (Lipinski definition) is 4. The molecule has 0 aliphatic rings. The zero-order chi connectivity index (χ0) is 54.9. The zero-order valence-corrected chi connectivity index (χ0v) is 51.5. The molecule has 8 heteroatoms. The molecule has 0 atom stereocenters. The van der Waals surface area contributed by atoms with E-state index in [0.717, 1.165) is 43.4 Å². The van der Waals surface area contributed by atoms with E-state index in [-0.39, 0.29) is 27.1 Å². The Kier molecular flexibility index (Phi) is 25.9. The number of ether oxygens (including phenoxy) is 3. The van der Waals surface area contributed by atoms with Crippen molar-refractivity contribution in [3.8, 4) is 17.2 Å². The summed E-state index contributed by atoms with van der Waals surface area (Å²) in [7, 11) is 5.04. The standard InChI is InChI=1S/C12H18O2.C12H18.C11H16O.2C10H12Cl2.C8H12S/c1-12(2,3)9-7-6-8-10(13-4)11(9)14-5;1-9-7-6-8-10(2)11(9)12(3,4)5;1-11(2,3)9-7-5-6-8-10(9)12-4;1-10(2,3)8-5-4-7(11)6-9(8)12;1-10(2,3)9-7(11)5-4-6-8(9)12;1-8(2,3)7-4-5-9-6-7/h6-8H,1-5H3;6-8H,1-5H3;5-8H,1-4H3;2*4-6H,1-3H3;4-6H,1-3H3. The van der Waals surface area contributed by atoms with Crippen LogP contribution in [0, 0.1) is 13.8 Å². The van der Waals surface area contributed by atoms with Crippen molar-refractivity contribution in [3.63, 3.8) is 0 Å². The molecule has 0 N–H and O–H groups in total. The fraction of sp³-hybridized carbons (Fsp3) is 0.460. The summed E-state index contributed by atoms with van der Waals surface area (Å²) >= 11 is 25.6. The van der Waals surface area contributed by atoms with Crippen molar-refractivity contribution < 1.29 is 14.2 Å². The molecule has 0 aliphatic carbocycles. The van der Waals surface area contributed by atoms with Gasteiger partial charge in [0.15, 0.2) is 11.5 Å². The first-order chi connectivity index (χ1) is 32.4. The summed E-state index contributed by atoms with van der Waals surface area (Å²) in [6, 6.07) is 34.0. The van der Waals surface area contributed by atoms with Crippen LogP contribution in [0.5, 0.6) is 17.2 Å². The largest absolute Gasteiger partial charge is 0.496 e. The Morgan fingerprint density at radius 3 is 1.15 bits per heavy atom. The first-order valence-corrected chi connectivity index (χ1v) is 26.7. The number of methoxy groups -OCH3 is 3. The monoisotopic (exact) mass is 1060 g/mol. The molecular formula is C63H88Cl4O3S. The van der Waals surface area contributed by atoms with E-state index in [1.165, 1.54) is 33.4 Å². The average molecular weight is 1070 g/mol. The van der Waals surface area contributed by atoms with Crippen LogP contribution in [0.3, 0.4) is 0 Å². The predicted octanol–water partition coefficient (Wildman–Crippen LogP) is 21.2. The normalized spacial score (nSPS) is 11.6. The Morgan fingerprint density at radius 1 is 0.380 bits per heavy atom. The summed E-state index contributed by atoms with van der Waals surface area (Å²) in [5, 5.41) is 7.26. The van der Waals surface area contributed by atoms with Crippen LogP contribution in [0.1, 0.15) is 169 Å². The minimum Gasteiger partial charge on any atom is -0.496 e. The van der Waals surface area contributed by atoms with Gasteiger partial charge in [-0.2, -0.15) is 11.3 Å². The highest BCUT2D eigenvalue weighted by atomic mass is 35.5. The molecule has 0 radical (unpaired) electrons. The number of benzene rings is 5. The maximum absolute atomic E-state index is 6.03. The van der Waals surface area contributed by atoms with Crippen LogP contribution in [0.2, 0.25) is 20.1 Å². The van der Waals surface area contributed by atoms with Gasteiger partial charge in [0.2, 0.25) is 0 Å². The first kappa shape index (κ1) is 65.4. The van der Waals surface area contributed by atoms with E-state index in [9.17, 15) is 0 Å². The molecule has 1 aromatic heterocycles. The maximum Gasteiger partial charge on any atom is 0.164 e. The van der Waals surface area contributed by atoms with Crippen LogP contribution in [0.25, 0.3) is 0 Å². The Hall–Kier alpha value is -3.64. The lowest BCUT2D eigenvalue weighted by molar-refractivity contribution is 0.345. The minimum atomic E-state index is 0.00935. The molecular weight excluding hydrogens is 979 g/mol. The zero-order valence-electron chi connectivity index (χ0n) is 47.6. The van der Waals surface area contributed by atoms with Crippen molar-refractivity contribution >= 4 is 57.7 Å². The molecule has 0 spiro atoms. The maximum atomic E-state index is 6.03. The summed E-state index contributed by atoms with van der Waals surface area (Å²) in [5.41, 5.74) is 11.2. The van der Waals surface area contributed by atoms with Crippen LogP contribution < -0.4 is 14.2 Å². The third kappa shape index (κ3) is 22.2. The molecule has 6 rings (SSSR count). The van der Waals surface area contributed by atoms with Gasteiger partial charge in [0.1, 0.15) is 5.75 Å². The minimum absolute atomic E-state index is 0.00935. The van der Waals surface area contributed by atoms with Gasteiger partial charge in [0.05, 0.1) is 21.3 Å². The molecule has 3 nitrogen and oxygen atoms in total. The lowest BCUT2D eigenvalue weighted by atomic mass is 9.81. The molecule has 392 valence electrons. The molecule has 1 heterocycles. The molecule has 0 saturated heterocycles. The van der Waals surface area contributed by atoms with Crippen molar-refractivity contribution in [2.24, 2.45) is 0 Å². The lowest BCUT2D eigenvalue weighted by Crippen LogP contribution is -2.14. The fourth-order valence-electron chi connectivity index (χ4n) is 7.74. The predicted molar refractivity (Wildman–Crippen MR) is 318 cm³/mol. The number of thiophene rings is 1. The van der Waals surface area contributed by atoms with Gasteiger partial charge in [-0.05, 0) is 139 Å². The van der Waals surface area contributed by atoms with E-state index in [4.69, 9.17) is 60.6 Å². The van der Waals surface area contributed by atoms with Crippen LogP contribution in [-0.4, -0.2) is 21.3 Å². The number of aryl methyl sites for hydroxylation is 2. The molecule has 5 aromatic carbocycles. The molecule has 6 aromatic rings. The molecule has 0 saturated carbocycles. The van der Waals surface area contributed by atoms with E-state index >= 15 is 0 Å². The van der Waals surface area contributed by atoms with Gasteiger partial charge in [-0.25, -0.2) is 0 Å². The number of para-hydroxylation sites is 2. The van der Waals surface area contributed by atoms with Crippen LogP contribution in [0.15, 0.2) is 114 Å². The third-order valence-corrected chi connectivity index (χ3v) is 13.1. The second kappa shape index (κ2) is 28.1. The smallest absolute Gasteiger partial charge is 0.164 e. The third-order valence-electron chi connectivity index (χ3n) is 11.2. The summed E-state index contributed by atoms with van der Waals surface area (Å²) in [4.78, 5) is 0. The highest BCUT2D eigenvalue weighted by Gasteiger charge is 2.23. The van der Waals surface area contributed by atoms with Crippen molar-refractivity contribution in [2.45, 2.75) is 171 Å². The second-order valence-corrected chi connectivity index (χ2v) is 26.2. The van der Waals surface area contributed by atoms with Crippen molar-refractivity contribution in [1.82, 2.24) is 0 Å². The molecule has 71 heavy (non-hydrogen) atoms. The van der Waals surface area contributed by atoms with E-state index in [0.29, 0.717) is 10.4 Å². The van der Waals surface area contributed by atoms with Gasteiger partial charge in [-0.15, -0.1) is 0 Å². The van der Waals surface area contributed by atoms with Gasteiger partial charge >= 0.3 is 0 Å². The number of halogens is 4. The highest BCUT2D eigenvalue weighted by Crippen LogP contribution is 2.39. The Labute approximate surface area is 457 Å². The van der Waals surface area contributed by atoms with Crippen LogP contribution in [0.4, 0.5) is 0 Å². The van der Waals surface area contributed by atoms with E-state index in [1.807, 2.05) is 60.7 Å². The molecule has 0 fully saturated rings. The van der Waals surface area contributed by atoms with Gasteiger partial charge in [0, 0.05) is 25.7 Å². The van der Waals surface area contributed by atoms with Crippen molar-refractivity contribution in [1.29, 1.82) is 0 Å². The van der Waals surface area contributed by atoms with E-state index in [2.05, 4.69) is 186 Å². The van der Waals surface area contributed by atoms with E-state index in [1.54, 1.807) is 38.7 Å². The van der Waals surface area contributed by atoms with Gasteiger partial charge in [-0.3, -0.25) is 0 Å². The molecule has 0 bridgehead atoms. The van der Waals surface area contributed by atoms with Crippen molar-refractivity contribution in [2.75, 3.05) is 21.3 Å². The summed E-state index contributed by atoms with van der Waals surface area (Å²) in [6.07, 6.45) is 0. The van der Waals surface area contributed by atoms with Gasteiger partial charge in [0.25, 0.3) is 0 Å².